The van der Waals surface area contributed by atoms with E-state index in [9.17, 15) is 4.39 Å². The van der Waals surface area contributed by atoms with Gasteiger partial charge in [-0.15, -0.1) is 12.4 Å². The second-order valence-corrected chi connectivity index (χ2v) is 4.76. The average molecular weight is 302 g/mol. The van der Waals surface area contributed by atoms with E-state index in [0.717, 1.165) is 5.69 Å². The summed E-state index contributed by atoms with van der Waals surface area (Å²) in [6, 6.07) is 2.33. The normalized spacial score (nSPS) is 10.8. The van der Waals surface area contributed by atoms with E-state index in [1.807, 2.05) is 23.9 Å². The van der Waals surface area contributed by atoms with Gasteiger partial charge in [0.1, 0.15) is 0 Å². The van der Waals surface area contributed by atoms with Crippen molar-refractivity contribution >= 4 is 12.4 Å². The van der Waals surface area contributed by atoms with Gasteiger partial charge >= 0.3 is 0 Å². The van der Waals surface area contributed by atoms with E-state index >= 15 is 0 Å². The van der Waals surface area contributed by atoms with E-state index in [4.69, 9.17) is 0 Å². The molecule has 0 saturated heterocycles. The van der Waals surface area contributed by atoms with Crippen LogP contribution in [0.1, 0.15) is 38.1 Å². The Kier molecular flexibility index (Phi) is 6.16. The molecule has 0 fully saturated rings. The van der Waals surface area contributed by atoms with Crippen molar-refractivity contribution in [1.82, 2.24) is 24.9 Å². The molecular formula is C13H21ClFN5. The molecule has 2 heterocycles. The lowest BCUT2D eigenvalue weighted by molar-refractivity contribution is 0.460. The zero-order chi connectivity index (χ0) is 13.8. The van der Waals surface area contributed by atoms with E-state index in [1.165, 1.54) is 4.68 Å². The number of halogens is 2. The first kappa shape index (κ1) is 16.7. The van der Waals surface area contributed by atoms with Gasteiger partial charge in [0.15, 0.2) is 0 Å². The van der Waals surface area contributed by atoms with E-state index < -0.39 is 0 Å². The molecule has 5 nitrogen and oxygen atoms in total. The second kappa shape index (κ2) is 7.40. The fourth-order valence-electron chi connectivity index (χ4n) is 1.83. The Hall–Kier alpha value is -1.40. The van der Waals surface area contributed by atoms with E-state index in [-0.39, 0.29) is 18.4 Å². The number of hydrogen-bond acceptors (Lipinski definition) is 3. The van der Waals surface area contributed by atoms with Crippen LogP contribution in [-0.4, -0.2) is 19.6 Å². The monoisotopic (exact) mass is 301 g/mol. The van der Waals surface area contributed by atoms with Gasteiger partial charge in [0, 0.05) is 37.4 Å². The first-order valence-corrected chi connectivity index (χ1v) is 6.56. The van der Waals surface area contributed by atoms with Crippen molar-refractivity contribution in [2.45, 2.75) is 46.4 Å². The smallest absolute Gasteiger partial charge is 0.215 e. The summed E-state index contributed by atoms with van der Waals surface area (Å²) in [7, 11) is 0. The minimum Gasteiger partial charge on any atom is -0.307 e. The number of nitrogens with one attached hydrogen (secondary N) is 1. The third kappa shape index (κ3) is 3.80. The van der Waals surface area contributed by atoms with E-state index in [1.54, 1.807) is 6.20 Å². The summed E-state index contributed by atoms with van der Waals surface area (Å²) in [5, 5.41) is 11.6. The fourth-order valence-corrected chi connectivity index (χ4v) is 1.83. The summed E-state index contributed by atoms with van der Waals surface area (Å²) >= 11 is 0. The molecular weight excluding hydrogens is 281 g/mol. The third-order valence-corrected chi connectivity index (χ3v) is 2.96. The molecule has 0 aliphatic rings. The predicted octanol–water partition coefficient (Wildman–Crippen LogP) is 2.53. The summed E-state index contributed by atoms with van der Waals surface area (Å²) < 4.78 is 17.0. The largest absolute Gasteiger partial charge is 0.307 e. The Labute approximate surface area is 124 Å². The first-order chi connectivity index (χ1) is 9.11. The minimum absolute atomic E-state index is 0. The molecule has 0 radical (unpaired) electrons. The van der Waals surface area contributed by atoms with Crippen LogP contribution in [0.2, 0.25) is 0 Å². The summed E-state index contributed by atoms with van der Waals surface area (Å²) in [5.41, 5.74) is 1.54. The molecule has 0 aromatic carbocycles. The highest BCUT2D eigenvalue weighted by atomic mass is 35.5. The number of hydrogen-bond donors (Lipinski definition) is 1. The quantitative estimate of drug-likeness (QED) is 0.892. The standard InChI is InChI=1S/C13H20FN5.ClH/c1-4-18-13(14)11(8-16-18)7-15-9-12-5-6-19(17-12)10(2)3;/h5-6,8,10,15H,4,7,9H2,1-3H3;1H. The molecule has 0 aliphatic carbocycles. The molecule has 0 unspecified atom stereocenters. The van der Waals surface area contributed by atoms with Crippen molar-refractivity contribution in [2.75, 3.05) is 0 Å². The predicted molar refractivity (Wildman–Crippen MR) is 78.3 cm³/mol. The van der Waals surface area contributed by atoms with Gasteiger partial charge in [0.05, 0.1) is 11.9 Å². The molecule has 0 amide bonds. The summed E-state index contributed by atoms with van der Waals surface area (Å²) in [5.74, 6) is -0.261. The Balaban J connectivity index is 0.00000200. The lowest BCUT2D eigenvalue weighted by Gasteiger charge is -2.04. The summed E-state index contributed by atoms with van der Waals surface area (Å²) in [6.45, 7) is 7.66. The van der Waals surface area contributed by atoms with Crippen molar-refractivity contribution in [3.8, 4) is 0 Å². The van der Waals surface area contributed by atoms with Crippen molar-refractivity contribution in [2.24, 2.45) is 0 Å². The fraction of sp³-hybridized carbons (Fsp3) is 0.538. The molecule has 0 aliphatic heterocycles. The van der Waals surface area contributed by atoms with Crippen LogP contribution in [0, 0.1) is 5.95 Å². The van der Waals surface area contributed by atoms with Gasteiger partial charge in [0.25, 0.3) is 0 Å². The molecule has 0 saturated carbocycles. The number of aromatic nitrogens is 4. The number of nitrogens with zero attached hydrogens (tertiary/aromatic N) is 4. The van der Waals surface area contributed by atoms with Gasteiger partial charge in [-0.2, -0.15) is 14.6 Å². The molecule has 1 N–H and O–H groups in total. The molecule has 20 heavy (non-hydrogen) atoms. The number of aryl methyl sites for hydroxylation is 1. The summed E-state index contributed by atoms with van der Waals surface area (Å²) in [6.07, 6.45) is 3.52. The molecule has 7 heteroatoms. The molecule has 2 rings (SSSR count). The third-order valence-electron chi connectivity index (χ3n) is 2.96. The Morgan fingerprint density at radius 1 is 1.35 bits per heavy atom. The highest BCUT2D eigenvalue weighted by molar-refractivity contribution is 5.85. The van der Waals surface area contributed by atoms with Crippen molar-refractivity contribution in [1.29, 1.82) is 0 Å². The molecule has 0 spiro atoms. The minimum atomic E-state index is -0.261. The van der Waals surface area contributed by atoms with Crippen LogP contribution >= 0.6 is 12.4 Å². The van der Waals surface area contributed by atoms with E-state index in [2.05, 4.69) is 29.4 Å². The van der Waals surface area contributed by atoms with Gasteiger partial charge in [-0.05, 0) is 26.8 Å². The Morgan fingerprint density at radius 2 is 2.10 bits per heavy atom. The lowest BCUT2D eigenvalue weighted by Crippen LogP contribution is -2.14. The molecule has 112 valence electrons. The van der Waals surface area contributed by atoms with Gasteiger partial charge in [-0.25, -0.2) is 4.68 Å². The van der Waals surface area contributed by atoms with Crippen LogP contribution in [0.4, 0.5) is 4.39 Å². The Bertz CT molecular complexity index is 535. The van der Waals surface area contributed by atoms with Crippen molar-refractivity contribution in [3.05, 3.63) is 35.7 Å². The topological polar surface area (TPSA) is 47.7 Å². The van der Waals surface area contributed by atoms with Crippen LogP contribution in [-0.2, 0) is 19.6 Å². The zero-order valence-electron chi connectivity index (χ0n) is 12.0. The SMILES string of the molecule is CCn1ncc(CNCc2ccn(C(C)C)n2)c1F.Cl. The van der Waals surface area contributed by atoms with Crippen molar-refractivity contribution in [3.63, 3.8) is 0 Å². The van der Waals surface area contributed by atoms with Crippen LogP contribution < -0.4 is 5.32 Å². The average Bonchev–Trinajstić information content (AvgIpc) is 2.98. The molecule has 0 bridgehead atoms. The van der Waals surface area contributed by atoms with Crippen LogP contribution in [0.3, 0.4) is 0 Å². The van der Waals surface area contributed by atoms with E-state index in [0.29, 0.717) is 31.2 Å². The van der Waals surface area contributed by atoms with Crippen LogP contribution in [0.5, 0.6) is 0 Å². The van der Waals surface area contributed by atoms with Gasteiger partial charge < -0.3 is 5.32 Å². The molecule has 0 atom stereocenters. The highest BCUT2D eigenvalue weighted by Gasteiger charge is 2.08. The van der Waals surface area contributed by atoms with Crippen LogP contribution in [0.15, 0.2) is 18.5 Å². The van der Waals surface area contributed by atoms with Crippen molar-refractivity contribution < 1.29 is 4.39 Å². The molecule has 2 aromatic rings. The number of rotatable bonds is 6. The second-order valence-electron chi connectivity index (χ2n) is 4.76. The van der Waals surface area contributed by atoms with Gasteiger partial charge in [0.2, 0.25) is 5.95 Å². The molecule has 2 aromatic heterocycles. The maximum Gasteiger partial charge on any atom is 0.215 e. The first-order valence-electron chi connectivity index (χ1n) is 6.56. The summed E-state index contributed by atoms with van der Waals surface area (Å²) in [4.78, 5) is 0. The highest BCUT2D eigenvalue weighted by Crippen LogP contribution is 2.07. The maximum absolute atomic E-state index is 13.7. The lowest BCUT2D eigenvalue weighted by atomic mass is 10.3. The van der Waals surface area contributed by atoms with Gasteiger partial charge in [-0.1, -0.05) is 0 Å². The zero-order valence-corrected chi connectivity index (χ0v) is 12.8. The van der Waals surface area contributed by atoms with Crippen LogP contribution in [0.25, 0.3) is 0 Å². The van der Waals surface area contributed by atoms with Gasteiger partial charge in [-0.3, -0.25) is 4.68 Å². The Morgan fingerprint density at radius 3 is 2.65 bits per heavy atom. The maximum atomic E-state index is 13.7.